The maximum absolute atomic E-state index is 11.6. The molecule has 0 aliphatic heterocycles. The number of hydrogen-bond donors (Lipinski definition) is 1. The number of carbonyl (C=O) groups is 1. The normalized spacial score (nSPS) is 13.8. The Morgan fingerprint density at radius 3 is 2.74 bits per heavy atom. The molecule has 1 aromatic heterocycles. The summed E-state index contributed by atoms with van der Waals surface area (Å²) in [6.07, 6.45) is 7.62. The first-order valence-corrected chi connectivity index (χ1v) is 8.19. The van der Waals surface area contributed by atoms with E-state index in [1.807, 2.05) is 43.7 Å². The van der Waals surface area contributed by atoms with Gasteiger partial charge in [0, 0.05) is 31.8 Å². The molecule has 0 unspecified atom stereocenters. The van der Waals surface area contributed by atoms with E-state index in [9.17, 15) is 4.79 Å². The lowest BCUT2D eigenvalue weighted by atomic mass is 10.1. The van der Waals surface area contributed by atoms with Gasteiger partial charge in [-0.3, -0.25) is 9.48 Å². The fourth-order valence-electron chi connectivity index (χ4n) is 2.41. The molecule has 1 amide bonds. The van der Waals surface area contributed by atoms with E-state index in [4.69, 9.17) is 4.74 Å². The van der Waals surface area contributed by atoms with Gasteiger partial charge < -0.3 is 10.1 Å². The van der Waals surface area contributed by atoms with Crippen LogP contribution in [0, 0.1) is 5.92 Å². The Bertz CT molecular complexity index is 645. The molecule has 5 heteroatoms. The molecule has 3 rings (SSSR count). The molecule has 2 aromatic rings. The molecule has 23 heavy (non-hydrogen) atoms. The van der Waals surface area contributed by atoms with Crippen LogP contribution in [-0.2, 0) is 11.8 Å². The minimum Gasteiger partial charge on any atom is -0.494 e. The van der Waals surface area contributed by atoms with Crippen LogP contribution >= 0.6 is 0 Å². The van der Waals surface area contributed by atoms with Crippen molar-refractivity contribution in [2.24, 2.45) is 13.0 Å². The fourth-order valence-corrected chi connectivity index (χ4v) is 2.41. The number of nitrogens with one attached hydrogen (secondary N) is 1. The molecular weight excluding hydrogens is 290 g/mol. The predicted molar refractivity (Wildman–Crippen MR) is 89.1 cm³/mol. The molecule has 5 nitrogen and oxygen atoms in total. The van der Waals surface area contributed by atoms with Gasteiger partial charge >= 0.3 is 0 Å². The van der Waals surface area contributed by atoms with Crippen molar-refractivity contribution < 1.29 is 9.53 Å². The number of aromatic nitrogens is 2. The van der Waals surface area contributed by atoms with Crippen LogP contribution in [0.5, 0.6) is 5.75 Å². The van der Waals surface area contributed by atoms with Crippen LogP contribution in [0.3, 0.4) is 0 Å². The van der Waals surface area contributed by atoms with Crippen molar-refractivity contribution in [1.82, 2.24) is 15.1 Å². The van der Waals surface area contributed by atoms with E-state index in [1.54, 1.807) is 4.68 Å². The highest BCUT2D eigenvalue weighted by atomic mass is 16.5. The summed E-state index contributed by atoms with van der Waals surface area (Å²) in [5.41, 5.74) is 2.20. The second-order valence-electron chi connectivity index (χ2n) is 6.13. The SMILES string of the molecule is Cn1cc(-c2ccc(OCCCC(=O)NCC3CC3)cc2)cn1. The molecule has 1 heterocycles. The fraction of sp³-hybridized carbons (Fsp3) is 0.444. The quantitative estimate of drug-likeness (QED) is 0.762. The molecule has 1 aliphatic rings. The van der Waals surface area contributed by atoms with Gasteiger partial charge in [-0.05, 0) is 42.9 Å². The summed E-state index contributed by atoms with van der Waals surface area (Å²) in [5, 5.41) is 7.14. The molecule has 0 atom stereocenters. The van der Waals surface area contributed by atoms with Gasteiger partial charge in [0.1, 0.15) is 5.75 Å². The second-order valence-corrected chi connectivity index (χ2v) is 6.13. The first-order chi connectivity index (χ1) is 11.2. The zero-order valence-corrected chi connectivity index (χ0v) is 13.5. The van der Waals surface area contributed by atoms with Crippen molar-refractivity contribution in [3.63, 3.8) is 0 Å². The molecule has 1 N–H and O–H groups in total. The third kappa shape index (κ3) is 4.84. The third-order valence-electron chi connectivity index (χ3n) is 3.99. The predicted octanol–water partition coefficient (Wildman–Crippen LogP) is 2.77. The van der Waals surface area contributed by atoms with Crippen molar-refractivity contribution in [1.29, 1.82) is 0 Å². The van der Waals surface area contributed by atoms with Crippen molar-refractivity contribution in [3.05, 3.63) is 36.7 Å². The summed E-state index contributed by atoms with van der Waals surface area (Å²) >= 11 is 0. The monoisotopic (exact) mass is 313 g/mol. The molecule has 1 aromatic carbocycles. The van der Waals surface area contributed by atoms with E-state index in [1.165, 1.54) is 12.8 Å². The van der Waals surface area contributed by atoms with Crippen LogP contribution in [0.25, 0.3) is 11.1 Å². The van der Waals surface area contributed by atoms with Crippen molar-refractivity contribution >= 4 is 5.91 Å². The molecule has 1 saturated carbocycles. The lowest BCUT2D eigenvalue weighted by Gasteiger charge is -2.07. The molecular formula is C18H23N3O2. The topological polar surface area (TPSA) is 56.1 Å². The Labute approximate surface area is 136 Å². The van der Waals surface area contributed by atoms with E-state index in [0.29, 0.717) is 13.0 Å². The van der Waals surface area contributed by atoms with E-state index < -0.39 is 0 Å². The Kier molecular flexibility index (Phi) is 4.95. The van der Waals surface area contributed by atoms with Gasteiger partial charge in [0.15, 0.2) is 0 Å². The first kappa shape index (κ1) is 15.6. The van der Waals surface area contributed by atoms with Gasteiger partial charge in [-0.15, -0.1) is 0 Å². The van der Waals surface area contributed by atoms with Crippen LogP contribution in [0.15, 0.2) is 36.7 Å². The van der Waals surface area contributed by atoms with Crippen molar-refractivity contribution in [2.75, 3.05) is 13.2 Å². The third-order valence-corrected chi connectivity index (χ3v) is 3.99. The van der Waals surface area contributed by atoms with E-state index >= 15 is 0 Å². The average Bonchev–Trinajstić information content (AvgIpc) is 3.30. The molecule has 1 aliphatic carbocycles. The minimum atomic E-state index is 0.132. The number of rotatable bonds is 8. The summed E-state index contributed by atoms with van der Waals surface area (Å²) < 4.78 is 7.48. The second kappa shape index (κ2) is 7.31. The van der Waals surface area contributed by atoms with Gasteiger partial charge in [-0.1, -0.05) is 12.1 Å². The molecule has 0 spiro atoms. The zero-order valence-electron chi connectivity index (χ0n) is 13.5. The van der Waals surface area contributed by atoms with Gasteiger partial charge in [0.25, 0.3) is 0 Å². The van der Waals surface area contributed by atoms with Crippen LogP contribution in [-0.4, -0.2) is 28.8 Å². The van der Waals surface area contributed by atoms with E-state index in [-0.39, 0.29) is 5.91 Å². The molecule has 0 radical (unpaired) electrons. The standard InChI is InChI=1S/C18H23N3O2/c1-21-13-16(12-20-21)15-6-8-17(9-7-15)23-10-2-3-18(22)19-11-14-4-5-14/h6-9,12-14H,2-5,10-11H2,1H3,(H,19,22). The number of hydrogen-bond acceptors (Lipinski definition) is 3. The van der Waals surface area contributed by atoms with Crippen LogP contribution < -0.4 is 10.1 Å². The van der Waals surface area contributed by atoms with Crippen molar-refractivity contribution in [3.8, 4) is 16.9 Å². The first-order valence-electron chi connectivity index (χ1n) is 8.19. The summed E-state index contributed by atoms with van der Waals surface area (Å²) in [6.45, 7) is 1.40. The number of amides is 1. The summed E-state index contributed by atoms with van der Waals surface area (Å²) in [7, 11) is 1.90. The maximum Gasteiger partial charge on any atom is 0.220 e. The maximum atomic E-state index is 11.6. The van der Waals surface area contributed by atoms with Gasteiger partial charge in [0.2, 0.25) is 5.91 Å². The van der Waals surface area contributed by atoms with Crippen LogP contribution in [0.4, 0.5) is 0 Å². The highest BCUT2D eigenvalue weighted by Crippen LogP contribution is 2.27. The number of aryl methyl sites for hydroxylation is 1. The minimum absolute atomic E-state index is 0.132. The molecule has 122 valence electrons. The number of benzene rings is 1. The highest BCUT2D eigenvalue weighted by molar-refractivity contribution is 5.75. The van der Waals surface area contributed by atoms with Crippen LogP contribution in [0.1, 0.15) is 25.7 Å². The van der Waals surface area contributed by atoms with Gasteiger partial charge in [0.05, 0.1) is 12.8 Å². The summed E-state index contributed by atoms with van der Waals surface area (Å²) in [6, 6.07) is 7.95. The Morgan fingerprint density at radius 1 is 1.30 bits per heavy atom. The van der Waals surface area contributed by atoms with Crippen molar-refractivity contribution in [2.45, 2.75) is 25.7 Å². The van der Waals surface area contributed by atoms with Gasteiger partial charge in [-0.2, -0.15) is 5.10 Å². The largest absolute Gasteiger partial charge is 0.494 e. The Morgan fingerprint density at radius 2 is 2.09 bits per heavy atom. The van der Waals surface area contributed by atoms with E-state index in [2.05, 4.69) is 10.4 Å². The Hall–Kier alpha value is -2.30. The molecule has 0 bridgehead atoms. The zero-order chi connectivity index (χ0) is 16.1. The molecule has 0 saturated heterocycles. The average molecular weight is 313 g/mol. The smallest absolute Gasteiger partial charge is 0.220 e. The number of carbonyl (C=O) groups excluding carboxylic acids is 1. The summed E-state index contributed by atoms with van der Waals surface area (Å²) in [5.74, 6) is 1.69. The van der Waals surface area contributed by atoms with Crippen LogP contribution in [0.2, 0.25) is 0 Å². The lowest BCUT2D eigenvalue weighted by molar-refractivity contribution is -0.121. The highest BCUT2D eigenvalue weighted by Gasteiger charge is 2.21. The van der Waals surface area contributed by atoms with E-state index in [0.717, 1.165) is 35.8 Å². The summed E-state index contributed by atoms with van der Waals surface area (Å²) in [4.78, 5) is 11.6. The number of ether oxygens (including phenoxy) is 1. The Balaban J connectivity index is 1.37. The number of nitrogens with zero attached hydrogens (tertiary/aromatic N) is 2. The van der Waals surface area contributed by atoms with Gasteiger partial charge in [-0.25, -0.2) is 0 Å². The molecule has 1 fully saturated rings. The lowest BCUT2D eigenvalue weighted by Crippen LogP contribution is -2.25.